The smallest absolute Gasteiger partial charge is 0.267 e. The molecule has 0 spiro atoms. The largest absolute Gasteiger partial charge is 0.283 e. The Bertz CT molecular complexity index is 2060. The van der Waals surface area contributed by atoms with E-state index in [1.807, 2.05) is 60.7 Å². The maximum Gasteiger partial charge on any atom is 0.283 e. The number of rotatable bonds is 2. The molecule has 4 heteroatoms. The molecule has 2 fully saturated rings. The summed E-state index contributed by atoms with van der Waals surface area (Å²) in [5.74, 6) is 3.19. The first-order valence-electron chi connectivity index (χ1n) is 14.3. The fourth-order valence-corrected chi connectivity index (χ4v) is 8.55. The maximum absolute atomic E-state index is 13.7. The molecule has 6 aromatic rings. The fourth-order valence-electron chi connectivity index (χ4n) is 8.55. The summed E-state index contributed by atoms with van der Waals surface area (Å²) in [4.78, 5) is 27.4. The second-order valence-corrected chi connectivity index (χ2v) is 12.2. The lowest BCUT2D eigenvalue weighted by Gasteiger charge is -2.38. The van der Waals surface area contributed by atoms with Crippen molar-refractivity contribution in [1.82, 2.24) is 9.03 Å². The van der Waals surface area contributed by atoms with Crippen LogP contribution in [0.1, 0.15) is 55.1 Å². The summed E-state index contributed by atoms with van der Waals surface area (Å²) in [5.41, 5.74) is 8.19. The minimum absolute atomic E-state index is 0.252. The van der Waals surface area contributed by atoms with E-state index in [0.29, 0.717) is 16.7 Å². The Hall–Kier alpha value is -4.18. The highest BCUT2D eigenvalue weighted by atomic mass is 16.2. The number of aromatic nitrogens is 2. The van der Waals surface area contributed by atoms with Crippen molar-refractivity contribution in [2.45, 2.75) is 43.9 Å². The molecule has 0 aliphatic heterocycles. The second kappa shape index (κ2) is 7.69. The van der Waals surface area contributed by atoms with E-state index in [1.54, 1.807) is 15.6 Å². The zero-order valence-electron chi connectivity index (χ0n) is 21.6. The Kier molecular flexibility index (Phi) is 4.28. The van der Waals surface area contributed by atoms with E-state index in [-0.39, 0.29) is 11.1 Å². The van der Waals surface area contributed by atoms with Gasteiger partial charge in [0.25, 0.3) is 11.1 Å². The average molecular weight is 509 g/mol. The van der Waals surface area contributed by atoms with Crippen LogP contribution in [0.5, 0.6) is 0 Å². The van der Waals surface area contributed by atoms with Gasteiger partial charge in [0.15, 0.2) is 0 Å². The first-order chi connectivity index (χ1) is 19.1. The van der Waals surface area contributed by atoms with Crippen molar-refractivity contribution in [3.05, 3.63) is 117 Å². The third kappa shape index (κ3) is 2.95. The molecule has 0 amide bonds. The molecule has 4 aliphatic rings. The molecule has 0 saturated heterocycles. The van der Waals surface area contributed by atoms with Crippen molar-refractivity contribution < 1.29 is 0 Å². The fraction of sp³-hybridized carbons (Fsp3) is 0.257. The summed E-state index contributed by atoms with van der Waals surface area (Å²) in [6.45, 7) is 0. The van der Waals surface area contributed by atoms with Crippen LogP contribution in [0.4, 0.5) is 0 Å². The van der Waals surface area contributed by atoms with Crippen LogP contribution in [0.15, 0.2) is 94.5 Å². The second-order valence-electron chi connectivity index (χ2n) is 12.2. The highest BCUT2D eigenvalue weighted by Crippen LogP contribution is 2.56. The summed E-state index contributed by atoms with van der Waals surface area (Å²) in [5, 5.41) is 1.17. The summed E-state index contributed by atoms with van der Waals surface area (Å²) in [7, 11) is 0. The van der Waals surface area contributed by atoms with E-state index in [9.17, 15) is 9.59 Å². The van der Waals surface area contributed by atoms with E-state index >= 15 is 0 Å². The van der Waals surface area contributed by atoms with Gasteiger partial charge in [-0.1, -0.05) is 66.7 Å². The summed E-state index contributed by atoms with van der Waals surface area (Å²) < 4.78 is 3.12. The van der Waals surface area contributed by atoms with E-state index in [4.69, 9.17) is 0 Å². The lowest BCUT2D eigenvalue weighted by Crippen LogP contribution is -2.25. The molecule has 2 atom stereocenters. The third-order valence-corrected chi connectivity index (χ3v) is 10.0. The number of fused-ring (bicyclic) bond motifs is 5. The number of hydrogen-bond donors (Lipinski definition) is 0. The van der Waals surface area contributed by atoms with Crippen molar-refractivity contribution >= 4 is 21.8 Å². The zero-order chi connectivity index (χ0) is 25.8. The van der Waals surface area contributed by atoms with Gasteiger partial charge in [0.05, 0.1) is 21.8 Å². The molecule has 4 aliphatic carbocycles. The molecule has 2 saturated carbocycles. The van der Waals surface area contributed by atoms with E-state index in [1.165, 1.54) is 42.2 Å². The monoisotopic (exact) mass is 508 g/mol. The normalized spacial score (nSPS) is 23.6. The van der Waals surface area contributed by atoms with Gasteiger partial charge >= 0.3 is 0 Å². The predicted molar refractivity (Wildman–Crippen MR) is 156 cm³/mol. The molecule has 2 heterocycles. The van der Waals surface area contributed by atoms with E-state index in [0.717, 1.165) is 45.5 Å². The Morgan fingerprint density at radius 3 is 2.05 bits per heavy atom. The van der Waals surface area contributed by atoms with Gasteiger partial charge in [-0.3, -0.25) is 9.59 Å². The van der Waals surface area contributed by atoms with Crippen LogP contribution in [0.2, 0.25) is 0 Å². The first kappa shape index (κ1) is 21.7. The molecule has 39 heavy (non-hydrogen) atoms. The van der Waals surface area contributed by atoms with Gasteiger partial charge in [-0.05, 0) is 107 Å². The van der Waals surface area contributed by atoms with Gasteiger partial charge in [0.2, 0.25) is 0 Å². The van der Waals surface area contributed by atoms with Gasteiger partial charge in [-0.2, -0.15) is 4.52 Å². The number of hydrogen-bond acceptors (Lipinski definition) is 2. The van der Waals surface area contributed by atoms with Crippen molar-refractivity contribution in [3.8, 4) is 22.3 Å². The van der Waals surface area contributed by atoms with Crippen LogP contribution >= 0.6 is 0 Å². The van der Waals surface area contributed by atoms with E-state index < -0.39 is 0 Å². The maximum atomic E-state index is 13.7. The lowest BCUT2D eigenvalue weighted by atomic mass is 9.67. The van der Waals surface area contributed by atoms with E-state index in [2.05, 4.69) is 24.3 Å². The van der Waals surface area contributed by atoms with Gasteiger partial charge < -0.3 is 0 Å². The Morgan fingerprint density at radius 2 is 1.26 bits per heavy atom. The Labute approximate surface area is 225 Å². The molecule has 4 aromatic carbocycles. The highest BCUT2D eigenvalue weighted by molar-refractivity contribution is 5.97. The van der Waals surface area contributed by atoms with Crippen molar-refractivity contribution in [3.63, 3.8) is 0 Å². The topological polar surface area (TPSA) is 43.0 Å². The van der Waals surface area contributed by atoms with Crippen LogP contribution in [-0.2, 0) is 0 Å². The predicted octanol–water partition coefficient (Wildman–Crippen LogP) is 7.23. The number of benzene rings is 4. The van der Waals surface area contributed by atoms with Crippen LogP contribution in [-0.4, -0.2) is 9.03 Å². The Balaban J connectivity index is 1.22. The van der Waals surface area contributed by atoms with Crippen LogP contribution in [0.3, 0.4) is 0 Å². The van der Waals surface area contributed by atoms with Crippen molar-refractivity contribution in [1.29, 1.82) is 0 Å². The molecule has 4 nitrogen and oxygen atoms in total. The van der Waals surface area contributed by atoms with Crippen LogP contribution in [0.25, 0.3) is 44.1 Å². The van der Waals surface area contributed by atoms with Crippen molar-refractivity contribution in [2.24, 2.45) is 11.8 Å². The molecule has 4 bridgehead atoms. The third-order valence-electron chi connectivity index (χ3n) is 10.0. The Morgan fingerprint density at radius 1 is 0.538 bits per heavy atom. The van der Waals surface area contributed by atoms with Gasteiger partial charge in [0.1, 0.15) is 0 Å². The van der Waals surface area contributed by atoms with Crippen molar-refractivity contribution in [2.75, 3.05) is 0 Å². The molecule has 0 N–H and O–H groups in total. The summed E-state index contributed by atoms with van der Waals surface area (Å²) in [6, 6.07) is 28.9. The summed E-state index contributed by atoms with van der Waals surface area (Å²) >= 11 is 0. The SMILES string of the molecule is O=c1c2cc(-c3ccc4c(c3)C3CC5CC(CC4C5)C3)ccc2n2c3cccc(-c4ccccc4)c3c(=O)n12. The highest BCUT2D eigenvalue weighted by Gasteiger charge is 2.42. The minimum atomic E-state index is -0.261. The standard InChI is InChI=1S/C35H28N2O2/c38-34-30-19-24(23-9-11-27-25-14-20-13-21(15-25)17-26(16-20)29(27)18-23)10-12-31(30)36-32-8-4-7-28(22-5-2-1-3-6-22)33(32)35(39)37(34)36/h1-12,18-21,25-26H,13-17H2. The zero-order valence-corrected chi connectivity index (χ0v) is 21.6. The van der Waals surface area contributed by atoms with Crippen LogP contribution in [0, 0.1) is 11.8 Å². The summed E-state index contributed by atoms with van der Waals surface area (Å²) in [6.07, 6.45) is 6.83. The molecule has 0 radical (unpaired) electrons. The molecule has 2 unspecified atom stereocenters. The molecular weight excluding hydrogens is 480 g/mol. The molecule has 2 aromatic heterocycles. The molecule has 10 rings (SSSR count). The quantitative estimate of drug-likeness (QED) is 0.248. The molecule has 190 valence electrons. The lowest BCUT2D eigenvalue weighted by molar-refractivity contribution is 0.166. The van der Waals surface area contributed by atoms with Gasteiger partial charge in [-0.25, -0.2) is 4.52 Å². The van der Waals surface area contributed by atoms with Gasteiger partial charge in [0, 0.05) is 0 Å². The minimum Gasteiger partial charge on any atom is -0.267 e. The van der Waals surface area contributed by atoms with Gasteiger partial charge in [-0.15, -0.1) is 0 Å². The average Bonchev–Trinajstić information content (AvgIpc) is 3.37. The molecular formula is C35H28N2O2. The van der Waals surface area contributed by atoms with Crippen LogP contribution < -0.4 is 11.1 Å². The first-order valence-corrected chi connectivity index (χ1v) is 14.3. The number of nitrogens with zero attached hydrogens (tertiary/aromatic N) is 2.